The molecule has 1 amide bonds. The topological polar surface area (TPSA) is 58.1 Å². The van der Waals surface area contributed by atoms with E-state index in [0.717, 1.165) is 38.1 Å². The summed E-state index contributed by atoms with van der Waals surface area (Å²) in [4.78, 5) is 22.6. The van der Waals surface area contributed by atoms with Gasteiger partial charge in [0.15, 0.2) is 0 Å². The molecule has 1 N–H and O–H groups in total. The van der Waals surface area contributed by atoms with Crippen LogP contribution < -0.4 is 10.2 Å². The molecule has 1 aromatic heterocycles. The Morgan fingerprint density at radius 1 is 1.08 bits per heavy atom. The van der Waals surface area contributed by atoms with E-state index < -0.39 is 17.6 Å². The number of piperidine rings is 1. The molecule has 8 heteroatoms. The van der Waals surface area contributed by atoms with Gasteiger partial charge >= 0.3 is 6.18 Å². The van der Waals surface area contributed by atoms with Crippen LogP contribution in [0, 0.1) is 0 Å². The summed E-state index contributed by atoms with van der Waals surface area (Å²) in [6, 6.07) is 4.48. The standard InChI is InChI=1S/C17H17F3N4O/c18-17(19,20)13-5-4-6-14(9-13)23-15(25)12-10-21-16(22-11-12)24-7-2-1-3-8-24/h4-6,9-11H,1-3,7-8H2,(H,23,25). The molecule has 1 aromatic carbocycles. The molecule has 5 nitrogen and oxygen atoms in total. The number of amides is 1. The Morgan fingerprint density at radius 3 is 2.40 bits per heavy atom. The van der Waals surface area contributed by atoms with Crippen molar-refractivity contribution in [3.63, 3.8) is 0 Å². The van der Waals surface area contributed by atoms with E-state index in [1.54, 1.807) is 0 Å². The van der Waals surface area contributed by atoms with E-state index in [2.05, 4.69) is 20.2 Å². The van der Waals surface area contributed by atoms with Gasteiger partial charge < -0.3 is 10.2 Å². The van der Waals surface area contributed by atoms with Crippen LogP contribution in [-0.4, -0.2) is 29.0 Å². The van der Waals surface area contributed by atoms with Gasteiger partial charge in [-0.25, -0.2) is 9.97 Å². The van der Waals surface area contributed by atoms with Crippen LogP contribution in [0.1, 0.15) is 35.2 Å². The summed E-state index contributed by atoms with van der Waals surface area (Å²) < 4.78 is 38.1. The van der Waals surface area contributed by atoms with Crippen molar-refractivity contribution < 1.29 is 18.0 Å². The number of hydrogen-bond donors (Lipinski definition) is 1. The van der Waals surface area contributed by atoms with Crippen LogP contribution >= 0.6 is 0 Å². The third-order valence-corrected chi connectivity index (χ3v) is 3.99. The molecule has 0 aliphatic carbocycles. The quantitative estimate of drug-likeness (QED) is 0.916. The molecule has 1 aliphatic heterocycles. The molecular formula is C17H17F3N4O. The molecule has 0 unspecified atom stereocenters. The van der Waals surface area contributed by atoms with Crippen molar-refractivity contribution in [1.29, 1.82) is 0 Å². The van der Waals surface area contributed by atoms with Crippen LogP contribution in [0.3, 0.4) is 0 Å². The highest BCUT2D eigenvalue weighted by Gasteiger charge is 2.30. The van der Waals surface area contributed by atoms with Gasteiger partial charge in [-0.3, -0.25) is 4.79 Å². The monoisotopic (exact) mass is 350 g/mol. The van der Waals surface area contributed by atoms with Gasteiger partial charge in [0, 0.05) is 31.2 Å². The number of anilines is 2. The Hall–Kier alpha value is -2.64. The number of alkyl halides is 3. The predicted molar refractivity (Wildman–Crippen MR) is 87.5 cm³/mol. The molecule has 2 aromatic rings. The van der Waals surface area contributed by atoms with Crippen molar-refractivity contribution >= 4 is 17.5 Å². The number of nitrogens with one attached hydrogen (secondary N) is 1. The average molecular weight is 350 g/mol. The summed E-state index contributed by atoms with van der Waals surface area (Å²) in [6.45, 7) is 1.77. The first-order valence-corrected chi connectivity index (χ1v) is 7.99. The van der Waals surface area contributed by atoms with Crippen molar-refractivity contribution in [2.75, 3.05) is 23.3 Å². The number of aromatic nitrogens is 2. The summed E-state index contributed by atoms with van der Waals surface area (Å²) in [7, 11) is 0. The summed E-state index contributed by atoms with van der Waals surface area (Å²) in [5.74, 6) is 0.0137. The molecule has 0 bridgehead atoms. The Balaban J connectivity index is 1.69. The average Bonchev–Trinajstić information content (AvgIpc) is 2.62. The number of carbonyl (C=O) groups is 1. The van der Waals surface area contributed by atoms with Crippen molar-refractivity contribution in [1.82, 2.24) is 9.97 Å². The van der Waals surface area contributed by atoms with Crippen LogP contribution in [-0.2, 0) is 6.18 Å². The largest absolute Gasteiger partial charge is 0.416 e. The van der Waals surface area contributed by atoms with Crippen molar-refractivity contribution in [3.05, 3.63) is 47.8 Å². The molecule has 0 atom stereocenters. The Kier molecular flexibility index (Phi) is 4.87. The third-order valence-electron chi connectivity index (χ3n) is 3.99. The van der Waals surface area contributed by atoms with Gasteiger partial charge in [0.05, 0.1) is 11.1 Å². The second-order valence-corrected chi connectivity index (χ2v) is 5.85. The number of benzene rings is 1. The van der Waals surface area contributed by atoms with Crippen LogP contribution in [0.5, 0.6) is 0 Å². The molecule has 2 heterocycles. The zero-order chi connectivity index (χ0) is 17.9. The fraction of sp³-hybridized carbons (Fsp3) is 0.353. The van der Waals surface area contributed by atoms with Crippen molar-refractivity contribution in [3.8, 4) is 0 Å². The van der Waals surface area contributed by atoms with Gasteiger partial charge in [-0.15, -0.1) is 0 Å². The highest BCUT2D eigenvalue weighted by Crippen LogP contribution is 2.30. The number of halogens is 3. The summed E-state index contributed by atoms with van der Waals surface area (Å²) in [6.07, 6.45) is 1.68. The Labute approximate surface area is 142 Å². The third kappa shape index (κ3) is 4.26. The Morgan fingerprint density at radius 2 is 1.76 bits per heavy atom. The fourth-order valence-electron chi connectivity index (χ4n) is 2.67. The lowest BCUT2D eigenvalue weighted by Gasteiger charge is -2.26. The van der Waals surface area contributed by atoms with E-state index in [1.807, 2.05) is 0 Å². The maximum atomic E-state index is 12.7. The number of carbonyl (C=O) groups excluding carboxylic acids is 1. The van der Waals surface area contributed by atoms with E-state index in [-0.39, 0.29) is 11.3 Å². The smallest absolute Gasteiger partial charge is 0.341 e. The highest BCUT2D eigenvalue weighted by atomic mass is 19.4. The Bertz CT molecular complexity index is 740. The maximum absolute atomic E-state index is 12.7. The number of hydrogen-bond acceptors (Lipinski definition) is 4. The molecule has 0 spiro atoms. The molecule has 1 aliphatic rings. The van der Waals surface area contributed by atoms with Gasteiger partial charge in [-0.2, -0.15) is 13.2 Å². The minimum absolute atomic E-state index is 0.0694. The van der Waals surface area contributed by atoms with Gasteiger partial charge in [-0.1, -0.05) is 6.07 Å². The zero-order valence-electron chi connectivity index (χ0n) is 13.4. The van der Waals surface area contributed by atoms with Crippen LogP contribution in [0.15, 0.2) is 36.7 Å². The number of rotatable bonds is 3. The van der Waals surface area contributed by atoms with Crippen molar-refractivity contribution in [2.24, 2.45) is 0 Å². The second kappa shape index (κ2) is 7.08. The summed E-state index contributed by atoms with van der Waals surface area (Å²) in [5, 5.41) is 2.44. The lowest BCUT2D eigenvalue weighted by Crippen LogP contribution is -2.31. The minimum atomic E-state index is -4.46. The van der Waals surface area contributed by atoms with E-state index in [9.17, 15) is 18.0 Å². The van der Waals surface area contributed by atoms with Crippen molar-refractivity contribution in [2.45, 2.75) is 25.4 Å². The molecule has 0 saturated carbocycles. The van der Waals surface area contributed by atoms with Gasteiger partial charge in [0.1, 0.15) is 0 Å². The van der Waals surface area contributed by atoms with E-state index >= 15 is 0 Å². The first-order valence-electron chi connectivity index (χ1n) is 7.99. The predicted octanol–water partition coefficient (Wildman–Crippen LogP) is 3.74. The summed E-state index contributed by atoms with van der Waals surface area (Å²) >= 11 is 0. The second-order valence-electron chi connectivity index (χ2n) is 5.85. The van der Waals surface area contributed by atoms with Crippen LogP contribution in [0.4, 0.5) is 24.8 Å². The van der Waals surface area contributed by atoms with Gasteiger partial charge in [0.25, 0.3) is 5.91 Å². The lowest BCUT2D eigenvalue weighted by molar-refractivity contribution is -0.137. The summed E-state index contributed by atoms with van der Waals surface area (Å²) in [5.41, 5.74) is -0.555. The molecule has 1 fully saturated rings. The maximum Gasteiger partial charge on any atom is 0.416 e. The highest BCUT2D eigenvalue weighted by molar-refractivity contribution is 6.03. The molecule has 1 saturated heterocycles. The van der Waals surface area contributed by atoms with E-state index in [0.29, 0.717) is 5.95 Å². The van der Waals surface area contributed by atoms with Gasteiger partial charge in [-0.05, 0) is 37.5 Å². The van der Waals surface area contributed by atoms with Gasteiger partial charge in [0.2, 0.25) is 5.95 Å². The molecule has 25 heavy (non-hydrogen) atoms. The minimum Gasteiger partial charge on any atom is -0.341 e. The first kappa shape index (κ1) is 17.2. The molecule has 0 radical (unpaired) electrons. The lowest BCUT2D eigenvalue weighted by atomic mass is 10.1. The molecular weight excluding hydrogens is 333 g/mol. The first-order chi connectivity index (χ1) is 11.9. The normalized spacial score (nSPS) is 15.1. The fourth-order valence-corrected chi connectivity index (χ4v) is 2.67. The number of nitrogens with zero attached hydrogens (tertiary/aromatic N) is 3. The van der Waals surface area contributed by atoms with Crippen LogP contribution in [0.2, 0.25) is 0 Å². The van der Waals surface area contributed by atoms with E-state index in [4.69, 9.17) is 0 Å². The molecule has 132 valence electrons. The molecule has 3 rings (SSSR count). The SMILES string of the molecule is O=C(Nc1cccc(C(F)(F)F)c1)c1cnc(N2CCCCC2)nc1. The van der Waals surface area contributed by atoms with Crippen LogP contribution in [0.25, 0.3) is 0 Å². The van der Waals surface area contributed by atoms with E-state index in [1.165, 1.54) is 30.9 Å². The zero-order valence-corrected chi connectivity index (χ0v) is 13.4.